The van der Waals surface area contributed by atoms with Gasteiger partial charge in [-0.05, 0) is 17.7 Å². The fraction of sp³-hybridized carbons (Fsp3) is 0.188. The summed E-state index contributed by atoms with van der Waals surface area (Å²) in [7, 11) is 0. The predicted octanol–water partition coefficient (Wildman–Crippen LogP) is 3.18. The number of carbonyl (C=O) groups is 1. The molecule has 118 valence electrons. The number of halogens is 1. The monoisotopic (exact) mass is 347 g/mol. The first-order chi connectivity index (χ1) is 11.1. The molecule has 0 saturated carbocycles. The summed E-state index contributed by atoms with van der Waals surface area (Å²) in [6.07, 6.45) is 1.91. The van der Waals surface area contributed by atoms with Crippen molar-refractivity contribution < 1.29 is 4.79 Å². The van der Waals surface area contributed by atoms with Crippen LogP contribution in [-0.4, -0.2) is 21.6 Å². The molecule has 1 aliphatic heterocycles. The minimum Gasteiger partial charge on any atom is -0.310 e. The molecule has 0 fully saturated rings. The van der Waals surface area contributed by atoms with Crippen LogP contribution in [-0.2, 0) is 4.79 Å². The van der Waals surface area contributed by atoms with Crippen LogP contribution in [0.15, 0.2) is 46.9 Å². The number of anilines is 1. The first-order valence-electron chi connectivity index (χ1n) is 7.01. The quantitative estimate of drug-likeness (QED) is 0.506. The Morgan fingerprint density at radius 1 is 1.43 bits per heavy atom. The maximum absolute atomic E-state index is 12.5. The summed E-state index contributed by atoms with van der Waals surface area (Å²) in [5.74, 6) is 0.418. The predicted molar refractivity (Wildman–Crippen MR) is 92.3 cm³/mol. The number of rotatable bonds is 4. The van der Waals surface area contributed by atoms with Gasteiger partial charge < -0.3 is 10.3 Å². The highest BCUT2D eigenvalue weighted by Gasteiger charge is 2.30. The van der Waals surface area contributed by atoms with E-state index in [1.807, 2.05) is 6.07 Å². The minimum absolute atomic E-state index is 0.166. The molecule has 7 heteroatoms. The Balaban J connectivity index is 2.08. The third-order valence-corrected chi connectivity index (χ3v) is 4.62. The first-order valence-corrected chi connectivity index (χ1v) is 8.38. The molecule has 2 aromatic rings. The van der Waals surface area contributed by atoms with Gasteiger partial charge in [0.2, 0.25) is 5.91 Å². The zero-order chi connectivity index (χ0) is 16.4. The fourth-order valence-electron chi connectivity index (χ4n) is 2.56. The van der Waals surface area contributed by atoms with Crippen LogP contribution in [0.25, 0.3) is 0 Å². The zero-order valence-electron chi connectivity index (χ0n) is 12.1. The van der Waals surface area contributed by atoms with Crippen LogP contribution in [0.1, 0.15) is 23.5 Å². The largest absolute Gasteiger partial charge is 0.310 e. The molecule has 0 radical (unpaired) electrons. The van der Waals surface area contributed by atoms with Gasteiger partial charge in [-0.15, -0.1) is 6.58 Å². The summed E-state index contributed by atoms with van der Waals surface area (Å²) in [5, 5.41) is 3.72. The van der Waals surface area contributed by atoms with E-state index in [0.717, 1.165) is 5.56 Å². The van der Waals surface area contributed by atoms with Gasteiger partial charge in [0.25, 0.3) is 5.56 Å². The Labute approximate surface area is 142 Å². The molecule has 2 heterocycles. The van der Waals surface area contributed by atoms with Crippen LogP contribution >= 0.6 is 23.4 Å². The molecular formula is C16H14ClN3O2S. The lowest BCUT2D eigenvalue weighted by molar-refractivity contribution is -0.116. The number of fused-ring (bicyclic) bond motifs is 1. The molecule has 1 aromatic heterocycles. The second kappa shape index (κ2) is 6.60. The van der Waals surface area contributed by atoms with Gasteiger partial charge in [0.1, 0.15) is 5.82 Å². The molecule has 0 spiro atoms. The van der Waals surface area contributed by atoms with Gasteiger partial charge in [-0.1, -0.05) is 41.6 Å². The number of aromatic nitrogens is 2. The van der Waals surface area contributed by atoms with E-state index in [-0.39, 0.29) is 23.8 Å². The van der Waals surface area contributed by atoms with Gasteiger partial charge in [-0.25, -0.2) is 4.98 Å². The molecule has 1 unspecified atom stereocenters. The van der Waals surface area contributed by atoms with Crippen LogP contribution in [0.5, 0.6) is 0 Å². The van der Waals surface area contributed by atoms with Crippen molar-refractivity contribution >= 4 is 35.1 Å². The van der Waals surface area contributed by atoms with Crippen molar-refractivity contribution in [2.45, 2.75) is 17.5 Å². The number of H-pyrrole nitrogens is 1. The summed E-state index contributed by atoms with van der Waals surface area (Å²) in [5.41, 5.74) is 1.05. The molecule has 1 aliphatic rings. The van der Waals surface area contributed by atoms with E-state index in [2.05, 4.69) is 21.9 Å². The summed E-state index contributed by atoms with van der Waals surface area (Å²) in [6.45, 7) is 3.63. The molecule has 23 heavy (non-hydrogen) atoms. The third-order valence-electron chi connectivity index (χ3n) is 3.52. The number of nitrogens with zero attached hydrogens (tertiary/aromatic N) is 1. The normalized spacial score (nSPS) is 16.6. The Morgan fingerprint density at radius 3 is 3.00 bits per heavy atom. The number of benzene rings is 1. The van der Waals surface area contributed by atoms with Crippen molar-refractivity contribution in [1.29, 1.82) is 0 Å². The van der Waals surface area contributed by atoms with Crippen molar-refractivity contribution in [2.24, 2.45) is 0 Å². The fourth-order valence-corrected chi connectivity index (χ4v) is 3.36. The van der Waals surface area contributed by atoms with Crippen molar-refractivity contribution in [3.63, 3.8) is 0 Å². The van der Waals surface area contributed by atoms with E-state index in [9.17, 15) is 9.59 Å². The van der Waals surface area contributed by atoms with Crippen LogP contribution in [0.3, 0.4) is 0 Å². The number of carbonyl (C=O) groups excluding carboxylic acids is 1. The van der Waals surface area contributed by atoms with E-state index < -0.39 is 0 Å². The first kappa shape index (κ1) is 15.8. The van der Waals surface area contributed by atoms with E-state index >= 15 is 0 Å². The van der Waals surface area contributed by atoms with Crippen molar-refractivity contribution in [3.05, 3.63) is 63.4 Å². The number of hydrogen-bond donors (Lipinski definition) is 2. The molecule has 1 atom stereocenters. The van der Waals surface area contributed by atoms with E-state index in [1.165, 1.54) is 11.8 Å². The second-order valence-corrected chi connectivity index (χ2v) is 6.54. The van der Waals surface area contributed by atoms with Crippen molar-refractivity contribution in [3.8, 4) is 0 Å². The Morgan fingerprint density at radius 2 is 2.26 bits per heavy atom. The zero-order valence-corrected chi connectivity index (χ0v) is 13.7. The highest BCUT2D eigenvalue weighted by molar-refractivity contribution is 7.99. The maximum atomic E-state index is 12.5. The average molecular weight is 348 g/mol. The highest BCUT2D eigenvalue weighted by atomic mass is 35.5. The number of thioether (sulfide) groups is 1. The highest BCUT2D eigenvalue weighted by Crippen LogP contribution is 2.35. The lowest BCUT2D eigenvalue weighted by atomic mass is 9.87. The molecule has 0 saturated heterocycles. The van der Waals surface area contributed by atoms with Gasteiger partial charge in [-0.3, -0.25) is 9.59 Å². The van der Waals surface area contributed by atoms with Gasteiger partial charge in [-0.2, -0.15) is 0 Å². The van der Waals surface area contributed by atoms with E-state index in [0.29, 0.717) is 27.3 Å². The molecule has 5 nitrogen and oxygen atoms in total. The van der Waals surface area contributed by atoms with Gasteiger partial charge in [0.05, 0.1) is 5.56 Å². The van der Waals surface area contributed by atoms with Gasteiger partial charge in [0, 0.05) is 23.1 Å². The van der Waals surface area contributed by atoms with E-state index in [1.54, 1.807) is 24.3 Å². The third kappa shape index (κ3) is 3.33. The smallest absolute Gasteiger partial charge is 0.257 e. The average Bonchev–Trinajstić information content (AvgIpc) is 2.51. The molecule has 3 rings (SSSR count). The molecular weight excluding hydrogens is 334 g/mol. The summed E-state index contributed by atoms with van der Waals surface area (Å²) < 4.78 is 0. The summed E-state index contributed by atoms with van der Waals surface area (Å²) in [4.78, 5) is 31.6. The van der Waals surface area contributed by atoms with Crippen LogP contribution in [0.4, 0.5) is 5.82 Å². The number of hydrogen-bond acceptors (Lipinski definition) is 4. The molecule has 0 bridgehead atoms. The SMILES string of the molecule is C=CCSc1nc2c(c(=O)[nH]1)C(c1cccc(Cl)c1)CC(=O)N2. The van der Waals surface area contributed by atoms with Gasteiger partial charge >= 0.3 is 0 Å². The second-order valence-electron chi connectivity index (χ2n) is 5.09. The maximum Gasteiger partial charge on any atom is 0.257 e. The van der Waals surface area contributed by atoms with E-state index in [4.69, 9.17) is 11.6 Å². The van der Waals surface area contributed by atoms with Gasteiger partial charge in [0.15, 0.2) is 5.16 Å². The standard InChI is InChI=1S/C16H14ClN3O2S/c1-2-6-23-16-19-14-13(15(22)20-16)11(8-12(21)18-14)9-4-3-5-10(17)7-9/h2-5,7,11H,1,6,8H2,(H2,18,19,20,21,22). The molecule has 1 aromatic carbocycles. The van der Waals surface area contributed by atoms with Crippen LogP contribution < -0.4 is 10.9 Å². The number of aromatic amines is 1. The topological polar surface area (TPSA) is 74.8 Å². The summed E-state index contributed by atoms with van der Waals surface area (Å²) >= 11 is 7.39. The summed E-state index contributed by atoms with van der Waals surface area (Å²) in [6, 6.07) is 7.19. The van der Waals surface area contributed by atoms with Crippen LogP contribution in [0.2, 0.25) is 5.02 Å². The minimum atomic E-state index is -0.354. The number of amides is 1. The Bertz CT molecular complexity index is 834. The molecule has 1 amide bonds. The lowest BCUT2D eigenvalue weighted by Crippen LogP contribution is -2.31. The lowest BCUT2D eigenvalue weighted by Gasteiger charge is -2.24. The van der Waals surface area contributed by atoms with Crippen LogP contribution in [0, 0.1) is 0 Å². The van der Waals surface area contributed by atoms with Crippen molar-refractivity contribution in [1.82, 2.24) is 9.97 Å². The Hall–Kier alpha value is -2.05. The van der Waals surface area contributed by atoms with Crippen molar-refractivity contribution in [2.75, 3.05) is 11.1 Å². The molecule has 2 N–H and O–H groups in total. The number of nitrogens with one attached hydrogen (secondary N) is 2. The molecule has 0 aliphatic carbocycles. The Kier molecular flexibility index (Phi) is 4.54.